The zero-order chi connectivity index (χ0) is 12.9. The monoisotopic (exact) mass is 304 g/mol. The number of halogens is 1. The predicted octanol–water partition coefficient (Wildman–Crippen LogP) is 2.14. The van der Waals surface area contributed by atoms with Crippen molar-refractivity contribution in [3.63, 3.8) is 0 Å². The highest BCUT2D eigenvalue weighted by Crippen LogP contribution is 2.48. The molecule has 3 nitrogen and oxygen atoms in total. The van der Waals surface area contributed by atoms with Crippen LogP contribution in [0.1, 0.15) is 33.1 Å². The van der Waals surface area contributed by atoms with Gasteiger partial charge in [-0.05, 0) is 44.9 Å². The zero-order valence-electron chi connectivity index (χ0n) is 11.8. The van der Waals surface area contributed by atoms with E-state index in [1.54, 1.807) is 0 Å². The van der Waals surface area contributed by atoms with E-state index in [0.717, 1.165) is 18.8 Å². The van der Waals surface area contributed by atoms with Gasteiger partial charge in [0.1, 0.15) is 0 Å². The van der Waals surface area contributed by atoms with E-state index in [2.05, 4.69) is 18.7 Å². The number of fused-ring (bicyclic) bond motifs is 2. The molecular formula is C14H25ClN2OS. The van der Waals surface area contributed by atoms with Gasteiger partial charge in [-0.1, -0.05) is 0 Å². The maximum Gasteiger partial charge on any atom is 0.227 e. The number of rotatable bonds is 1. The Morgan fingerprint density at radius 2 is 2.00 bits per heavy atom. The largest absolute Gasteiger partial charge is 0.340 e. The molecule has 2 bridgehead atoms. The zero-order valence-corrected chi connectivity index (χ0v) is 13.4. The fourth-order valence-corrected chi connectivity index (χ4v) is 5.23. The van der Waals surface area contributed by atoms with Crippen LogP contribution in [0.3, 0.4) is 0 Å². The van der Waals surface area contributed by atoms with Crippen LogP contribution in [-0.4, -0.2) is 40.4 Å². The van der Waals surface area contributed by atoms with E-state index in [4.69, 9.17) is 5.73 Å². The molecule has 1 saturated heterocycles. The highest BCUT2D eigenvalue weighted by Gasteiger charge is 2.50. The van der Waals surface area contributed by atoms with Crippen LogP contribution in [-0.2, 0) is 4.79 Å². The average molecular weight is 305 g/mol. The number of thioether (sulfide) groups is 1. The first-order chi connectivity index (χ1) is 8.48. The van der Waals surface area contributed by atoms with Crippen molar-refractivity contribution >= 4 is 30.1 Å². The van der Waals surface area contributed by atoms with E-state index in [-0.39, 0.29) is 29.1 Å². The number of amides is 1. The standard InChI is InChI=1S/C14H24N2OS.ClH/c1-14(2)8-16(5-6-18-14)13(17)11-9-3-4-10(7-9)12(11)15;/h9-12H,3-8,15H2,1-2H3;1H. The van der Waals surface area contributed by atoms with Crippen LogP contribution < -0.4 is 5.73 Å². The lowest BCUT2D eigenvalue weighted by molar-refractivity contribution is -0.138. The van der Waals surface area contributed by atoms with Gasteiger partial charge in [0.15, 0.2) is 0 Å². The first kappa shape index (κ1) is 15.5. The van der Waals surface area contributed by atoms with Crippen molar-refractivity contribution in [2.45, 2.75) is 43.9 Å². The van der Waals surface area contributed by atoms with E-state index in [1.165, 1.54) is 19.3 Å². The summed E-state index contributed by atoms with van der Waals surface area (Å²) in [5.41, 5.74) is 6.29. The Bertz CT molecular complexity index is 361. The van der Waals surface area contributed by atoms with Crippen molar-refractivity contribution in [1.29, 1.82) is 0 Å². The Hall–Kier alpha value is 0.0700. The molecule has 1 heterocycles. The number of carbonyl (C=O) groups excluding carboxylic acids is 1. The third-order valence-corrected chi connectivity index (χ3v) is 6.30. The van der Waals surface area contributed by atoms with Crippen molar-refractivity contribution in [2.75, 3.05) is 18.8 Å². The highest BCUT2D eigenvalue weighted by molar-refractivity contribution is 8.00. The second-order valence-corrected chi connectivity index (χ2v) is 8.61. The van der Waals surface area contributed by atoms with Gasteiger partial charge in [0, 0.05) is 29.6 Å². The Morgan fingerprint density at radius 1 is 1.32 bits per heavy atom. The van der Waals surface area contributed by atoms with Crippen molar-refractivity contribution in [1.82, 2.24) is 4.90 Å². The van der Waals surface area contributed by atoms with Crippen molar-refractivity contribution in [2.24, 2.45) is 23.5 Å². The molecule has 3 fully saturated rings. The highest BCUT2D eigenvalue weighted by atomic mass is 35.5. The molecule has 0 radical (unpaired) electrons. The normalized spacial score (nSPS) is 40.1. The maximum absolute atomic E-state index is 12.7. The number of carbonyl (C=O) groups is 1. The van der Waals surface area contributed by atoms with Gasteiger partial charge in [-0.3, -0.25) is 4.79 Å². The summed E-state index contributed by atoms with van der Waals surface area (Å²) < 4.78 is 0.204. The molecule has 0 aromatic rings. The van der Waals surface area contributed by atoms with Crippen LogP contribution in [0.4, 0.5) is 0 Å². The van der Waals surface area contributed by atoms with Crippen molar-refractivity contribution in [3.8, 4) is 0 Å². The van der Waals surface area contributed by atoms with Gasteiger partial charge in [0.05, 0.1) is 5.92 Å². The van der Waals surface area contributed by atoms with Crippen LogP contribution >= 0.6 is 24.2 Å². The second kappa shape index (κ2) is 5.45. The quantitative estimate of drug-likeness (QED) is 0.807. The molecular weight excluding hydrogens is 280 g/mol. The molecule has 3 aliphatic rings. The average Bonchev–Trinajstić information content (AvgIpc) is 2.87. The maximum atomic E-state index is 12.7. The number of hydrogen-bond donors (Lipinski definition) is 1. The summed E-state index contributed by atoms with van der Waals surface area (Å²) in [4.78, 5) is 14.8. The van der Waals surface area contributed by atoms with Crippen molar-refractivity contribution < 1.29 is 4.79 Å². The summed E-state index contributed by atoms with van der Waals surface area (Å²) >= 11 is 1.98. The van der Waals surface area contributed by atoms with Gasteiger partial charge in [0.25, 0.3) is 0 Å². The lowest BCUT2D eigenvalue weighted by atomic mass is 9.84. The minimum absolute atomic E-state index is 0. The molecule has 4 atom stereocenters. The summed E-state index contributed by atoms with van der Waals surface area (Å²) in [6.07, 6.45) is 3.67. The Morgan fingerprint density at radius 3 is 2.58 bits per heavy atom. The summed E-state index contributed by atoms with van der Waals surface area (Å²) in [7, 11) is 0. The lowest BCUT2D eigenvalue weighted by Gasteiger charge is -2.40. The third kappa shape index (κ3) is 2.77. The molecule has 0 aromatic heterocycles. The van der Waals surface area contributed by atoms with Gasteiger partial charge in [-0.15, -0.1) is 12.4 Å². The molecule has 2 N–H and O–H groups in total. The summed E-state index contributed by atoms with van der Waals surface area (Å²) in [5, 5.41) is 0. The SMILES string of the molecule is CC1(C)CN(C(=O)C2C3CCC(C3)C2N)CCS1.Cl. The molecule has 110 valence electrons. The summed E-state index contributed by atoms with van der Waals surface area (Å²) in [6, 6.07) is 0.133. The molecule has 0 spiro atoms. The number of hydrogen-bond acceptors (Lipinski definition) is 3. The molecule has 2 aliphatic carbocycles. The third-order valence-electron chi connectivity index (χ3n) is 5.00. The van der Waals surface area contributed by atoms with Crippen LogP contribution in [0.15, 0.2) is 0 Å². The molecule has 3 rings (SSSR count). The van der Waals surface area contributed by atoms with Gasteiger partial charge in [0.2, 0.25) is 5.91 Å². The first-order valence-corrected chi connectivity index (χ1v) is 8.15. The van der Waals surface area contributed by atoms with E-state index in [9.17, 15) is 4.79 Å². The minimum atomic E-state index is 0. The summed E-state index contributed by atoms with van der Waals surface area (Å²) in [6.45, 7) is 6.26. The minimum Gasteiger partial charge on any atom is -0.340 e. The fourth-order valence-electron chi connectivity index (χ4n) is 4.12. The van der Waals surface area contributed by atoms with Crippen LogP contribution in [0.25, 0.3) is 0 Å². The summed E-state index contributed by atoms with van der Waals surface area (Å²) in [5.74, 6) is 2.74. The van der Waals surface area contributed by atoms with Crippen molar-refractivity contribution in [3.05, 3.63) is 0 Å². The molecule has 19 heavy (non-hydrogen) atoms. The smallest absolute Gasteiger partial charge is 0.227 e. The molecule has 0 aromatic carbocycles. The Kier molecular flexibility index (Phi) is 4.44. The fraction of sp³-hybridized carbons (Fsp3) is 0.929. The predicted molar refractivity (Wildman–Crippen MR) is 82.7 cm³/mol. The lowest BCUT2D eigenvalue weighted by Crippen LogP contribution is -2.52. The van der Waals surface area contributed by atoms with Crippen LogP contribution in [0, 0.1) is 17.8 Å². The topological polar surface area (TPSA) is 46.3 Å². The van der Waals surface area contributed by atoms with Gasteiger partial charge in [-0.2, -0.15) is 11.8 Å². The molecule has 1 amide bonds. The van der Waals surface area contributed by atoms with E-state index >= 15 is 0 Å². The van der Waals surface area contributed by atoms with Gasteiger partial charge in [-0.25, -0.2) is 0 Å². The van der Waals surface area contributed by atoms with Gasteiger partial charge >= 0.3 is 0 Å². The van der Waals surface area contributed by atoms with Crippen LogP contribution in [0.5, 0.6) is 0 Å². The first-order valence-electron chi connectivity index (χ1n) is 7.16. The van der Waals surface area contributed by atoms with E-state index < -0.39 is 0 Å². The molecule has 4 unspecified atom stereocenters. The Labute approximate surface area is 126 Å². The van der Waals surface area contributed by atoms with Crippen LogP contribution in [0.2, 0.25) is 0 Å². The number of nitrogens with two attached hydrogens (primary N) is 1. The molecule has 5 heteroatoms. The molecule has 2 saturated carbocycles. The Balaban J connectivity index is 0.00000133. The molecule has 1 aliphatic heterocycles. The van der Waals surface area contributed by atoms with Gasteiger partial charge < -0.3 is 10.6 Å². The van der Waals surface area contributed by atoms with E-state index in [1.807, 2.05) is 11.8 Å². The number of nitrogens with zero attached hydrogens (tertiary/aromatic N) is 1. The van der Waals surface area contributed by atoms with E-state index in [0.29, 0.717) is 17.7 Å². The second-order valence-electron chi connectivity index (χ2n) is 6.80.